The number of carbonyl (C=O) groups is 2. The molecule has 0 aliphatic carbocycles. The Bertz CT molecular complexity index is 681. The Balaban J connectivity index is 2.39. The number of fused-ring (bicyclic) bond motifs is 1. The Labute approximate surface area is 133 Å². The number of amides is 1. The summed E-state index contributed by atoms with van der Waals surface area (Å²) < 4.78 is 0. The average Bonchev–Trinajstić information content (AvgIpc) is 2.52. The molecule has 2 atom stereocenters. The van der Waals surface area contributed by atoms with E-state index in [1.165, 1.54) is 11.8 Å². The summed E-state index contributed by atoms with van der Waals surface area (Å²) in [4.78, 5) is 23.3. The standard InChI is InChI=1S/C17H19NO3S/c1-11(22-2)17(21)18-15(10-16(19)20)14-9-5-7-12-6-3-4-8-13(12)14/h3-9,11,15H,10H2,1-2H3,(H,18,21)(H,19,20)/t11?,15-/m1/s1. The maximum atomic E-state index is 12.2. The van der Waals surface area contributed by atoms with Gasteiger partial charge < -0.3 is 10.4 Å². The largest absolute Gasteiger partial charge is 0.481 e. The summed E-state index contributed by atoms with van der Waals surface area (Å²) in [6.45, 7) is 1.81. The van der Waals surface area contributed by atoms with Crippen LogP contribution in [0.1, 0.15) is 24.9 Å². The zero-order valence-electron chi connectivity index (χ0n) is 12.6. The van der Waals surface area contributed by atoms with Crippen molar-refractivity contribution in [2.24, 2.45) is 0 Å². The van der Waals surface area contributed by atoms with Crippen LogP contribution in [0.25, 0.3) is 10.8 Å². The normalized spacial score (nSPS) is 13.5. The molecule has 0 fully saturated rings. The molecular formula is C17H19NO3S. The van der Waals surface area contributed by atoms with Gasteiger partial charge in [0.2, 0.25) is 5.91 Å². The summed E-state index contributed by atoms with van der Waals surface area (Å²) in [6, 6.07) is 13.0. The Hall–Kier alpha value is -2.01. The third-order valence-electron chi connectivity index (χ3n) is 3.62. The molecule has 0 saturated carbocycles. The van der Waals surface area contributed by atoms with E-state index in [9.17, 15) is 9.59 Å². The lowest BCUT2D eigenvalue weighted by Gasteiger charge is -2.21. The van der Waals surface area contributed by atoms with Crippen molar-refractivity contribution in [2.75, 3.05) is 6.26 Å². The van der Waals surface area contributed by atoms with E-state index in [-0.39, 0.29) is 17.6 Å². The molecule has 4 nitrogen and oxygen atoms in total. The van der Waals surface area contributed by atoms with Crippen LogP contribution in [-0.4, -0.2) is 28.5 Å². The van der Waals surface area contributed by atoms with E-state index in [1.54, 1.807) is 6.92 Å². The first-order valence-electron chi connectivity index (χ1n) is 7.05. The van der Waals surface area contributed by atoms with Crippen LogP contribution in [0.4, 0.5) is 0 Å². The van der Waals surface area contributed by atoms with Crippen molar-refractivity contribution in [3.05, 3.63) is 48.0 Å². The highest BCUT2D eigenvalue weighted by molar-refractivity contribution is 7.99. The number of aliphatic carboxylic acids is 1. The fourth-order valence-electron chi connectivity index (χ4n) is 2.36. The number of benzene rings is 2. The highest BCUT2D eigenvalue weighted by Gasteiger charge is 2.22. The molecule has 0 saturated heterocycles. The van der Waals surface area contributed by atoms with Gasteiger partial charge in [-0.15, -0.1) is 0 Å². The molecule has 0 aromatic heterocycles. The molecule has 2 aromatic rings. The third kappa shape index (κ3) is 3.80. The Morgan fingerprint density at radius 3 is 2.55 bits per heavy atom. The predicted molar refractivity (Wildman–Crippen MR) is 90.1 cm³/mol. The number of carbonyl (C=O) groups excluding carboxylic acids is 1. The maximum Gasteiger partial charge on any atom is 0.305 e. The van der Waals surface area contributed by atoms with Crippen LogP contribution >= 0.6 is 11.8 Å². The van der Waals surface area contributed by atoms with Gasteiger partial charge in [0.1, 0.15) is 0 Å². The number of carboxylic acid groups (broad SMARTS) is 1. The summed E-state index contributed by atoms with van der Waals surface area (Å²) in [5.41, 5.74) is 0.835. The lowest BCUT2D eigenvalue weighted by atomic mass is 9.96. The van der Waals surface area contributed by atoms with Crippen molar-refractivity contribution >= 4 is 34.4 Å². The molecule has 0 heterocycles. The zero-order valence-corrected chi connectivity index (χ0v) is 13.4. The molecular weight excluding hydrogens is 298 g/mol. The van der Waals surface area contributed by atoms with Gasteiger partial charge in [-0.1, -0.05) is 42.5 Å². The van der Waals surface area contributed by atoms with Crippen LogP contribution in [0.5, 0.6) is 0 Å². The molecule has 2 rings (SSSR count). The number of carboxylic acids is 1. The molecule has 5 heteroatoms. The second-order valence-electron chi connectivity index (χ2n) is 5.11. The van der Waals surface area contributed by atoms with E-state index in [1.807, 2.05) is 48.7 Å². The molecule has 0 aliphatic rings. The second kappa shape index (κ2) is 7.31. The molecule has 0 spiro atoms. The summed E-state index contributed by atoms with van der Waals surface area (Å²) in [5.74, 6) is -1.08. The van der Waals surface area contributed by atoms with Crippen LogP contribution in [-0.2, 0) is 9.59 Å². The zero-order chi connectivity index (χ0) is 16.1. The first-order valence-corrected chi connectivity index (χ1v) is 8.34. The quantitative estimate of drug-likeness (QED) is 0.858. The van der Waals surface area contributed by atoms with Crippen LogP contribution in [0, 0.1) is 0 Å². The Morgan fingerprint density at radius 2 is 1.86 bits per heavy atom. The molecule has 2 N–H and O–H groups in total. The molecule has 0 aliphatic heterocycles. The first-order chi connectivity index (χ1) is 10.5. The van der Waals surface area contributed by atoms with Gasteiger partial charge in [0, 0.05) is 0 Å². The van der Waals surface area contributed by atoms with Gasteiger partial charge in [0.15, 0.2) is 0 Å². The highest BCUT2D eigenvalue weighted by Crippen LogP contribution is 2.26. The van der Waals surface area contributed by atoms with Crippen molar-refractivity contribution in [3.63, 3.8) is 0 Å². The highest BCUT2D eigenvalue weighted by atomic mass is 32.2. The molecule has 2 aromatic carbocycles. The number of nitrogens with one attached hydrogen (secondary N) is 1. The second-order valence-corrected chi connectivity index (χ2v) is 6.28. The first kappa shape index (κ1) is 16.4. The molecule has 1 unspecified atom stereocenters. The van der Waals surface area contributed by atoms with Gasteiger partial charge >= 0.3 is 5.97 Å². The van der Waals surface area contributed by atoms with Crippen LogP contribution in [0.15, 0.2) is 42.5 Å². The molecule has 1 amide bonds. The van der Waals surface area contributed by atoms with Crippen molar-refractivity contribution in [1.29, 1.82) is 0 Å². The average molecular weight is 317 g/mol. The Morgan fingerprint density at radius 1 is 1.18 bits per heavy atom. The van der Waals surface area contributed by atoms with E-state index in [4.69, 9.17) is 5.11 Å². The van der Waals surface area contributed by atoms with Gasteiger partial charge in [0.25, 0.3) is 0 Å². The summed E-state index contributed by atoms with van der Waals surface area (Å²) in [7, 11) is 0. The minimum absolute atomic E-state index is 0.138. The van der Waals surface area contributed by atoms with E-state index in [0.717, 1.165) is 16.3 Å². The number of thioether (sulfide) groups is 1. The van der Waals surface area contributed by atoms with Gasteiger partial charge in [-0.25, -0.2) is 0 Å². The van der Waals surface area contributed by atoms with Gasteiger partial charge in [-0.3, -0.25) is 9.59 Å². The van der Waals surface area contributed by atoms with Crippen LogP contribution in [0.3, 0.4) is 0 Å². The smallest absolute Gasteiger partial charge is 0.305 e. The van der Waals surface area contributed by atoms with Gasteiger partial charge in [0.05, 0.1) is 17.7 Å². The predicted octanol–water partition coefficient (Wildman–Crippen LogP) is 3.22. The lowest BCUT2D eigenvalue weighted by Crippen LogP contribution is -2.35. The number of hydrogen-bond donors (Lipinski definition) is 2. The minimum atomic E-state index is -0.935. The van der Waals surface area contributed by atoms with Crippen molar-refractivity contribution in [2.45, 2.75) is 24.6 Å². The van der Waals surface area contributed by atoms with Crippen molar-refractivity contribution < 1.29 is 14.7 Å². The summed E-state index contributed by atoms with van der Waals surface area (Å²) in [5, 5.41) is 13.8. The monoisotopic (exact) mass is 317 g/mol. The minimum Gasteiger partial charge on any atom is -0.481 e. The number of rotatable bonds is 6. The molecule has 22 heavy (non-hydrogen) atoms. The molecule has 0 radical (unpaired) electrons. The third-order valence-corrected chi connectivity index (χ3v) is 4.54. The van der Waals surface area contributed by atoms with Crippen molar-refractivity contribution in [1.82, 2.24) is 5.32 Å². The Kier molecular flexibility index (Phi) is 5.44. The molecule has 116 valence electrons. The maximum absolute atomic E-state index is 12.2. The SMILES string of the molecule is CSC(C)C(=O)N[C@H](CC(=O)O)c1cccc2ccccc12. The van der Waals surface area contributed by atoms with Gasteiger partial charge in [-0.2, -0.15) is 11.8 Å². The van der Waals surface area contributed by atoms with E-state index >= 15 is 0 Å². The van der Waals surface area contributed by atoms with Gasteiger partial charge in [-0.05, 0) is 29.5 Å². The van der Waals surface area contributed by atoms with Crippen LogP contribution in [0.2, 0.25) is 0 Å². The fraction of sp³-hybridized carbons (Fsp3) is 0.294. The van der Waals surface area contributed by atoms with E-state index in [2.05, 4.69) is 5.32 Å². The lowest BCUT2D eigenvalue weighted by molar-refractivity contribution is -0.137. The van der Waals surface area contributed by atoms with Crippen LogP contribution < -0.4 is 5.32 Å². The summed E-state index contributed by atoms with van der Waals surface area (Å²) in [6.07, 6.45) is 1.72. The molecule has 0 bridgehead atoms. The summed E-state index contributed by atoms with van der Waals surface area (Å²) >= 11 is 1.43. The topological polar surface area (TPSA) is 66.4 Å². The van der Waals surface area contributed by atoms with E-state index < -0.39 is 12.0 Å². The van der Waals surface area contributed by atoms with Crippen molar-refractivity contribution in [3.8, 4) is 0 Å². The number of hydrogen-bond acceptors (Lipinski definition) is 3. The fourth-order valence-corrected chi connectivity index (χ4v) is 2.65. The van der Waals surface area contributed by atoms with E-state index in [0.29, 0.717) is 0 Å².